The van der Waals surface area contributed by atoms with Crippen molar-refractivity contribution in [1.82, 2.24) is 4.81 Å². The number of nitrogens with zero attached hydrogens (tertiary/aromatic N) is 1. The van der Waals surface area contributed by atoms with Gasteiger partial charge in [-0.2, -0.15) is 21.6 Å². The van der Waals surface area contributed by atoms with Gasteiger partial charge in [0.15, 0.2) is 0 Å². The third-order valence-corrected chi connectivity index (χ3v) is 4.16. The van der Waals surface area contributed by atoms with E-state index in [1.165, 1.54) is 17.7 Å². The third kappa shape index (κ3) is 3.45. The summed E-state index contributed by atoms with van der Waals surface area (Å²) in [5, 5.41) is 9.73. The van der Waals surface area contributed by atoms with Crippen molar-refractivity contribution in [2.75, 3.05) is 6.54 Å². The maximum absolute atomic E-state index is 12.4. The van der Waals surface area contributed by atoms with Crippen molar-refractivity contribution < 1.29 is 30.8 Å². The predicted molar refractivity (Wildman–Crippen MR) is 73.9 cm³/mol. The van der Waals surface area contributed by atoms with Crippen LogP contribution in [0.2, 0.25) is 6.82 Å². The molecule has 1 atom stereocenters. The van der Waals surface area contributed by atoms with Gasteiger partial charge in [-0.25, -0.2) is 0 Å². The summed E-state index contributed by atoms with van der Waals surface area (Å²) in [4.78, 5) is 1.41. The third-order valence-electron chi connectivity index (χ3n) is 3.16. The van der Waals surface area contributed by atoms with Crippen molar-refractivity contribution in [2.45, 2.75) is 18.4 Å². The topological polar surface area (TPSA) is 66.8 Å². The number of rotatable bonds is 4. The second-order valence-electron chi connectivity index (χ2n) is 4.78. The normalized spacial score (nSPS) is 19.9. The highest BCUT2D eigenvalue weighted by atomic mass is 32.2. The number of alkyl halides is 3. The zero-order chi connectivity index (χ0) is 16.5. The first-order chi connectivity index (χ1) is 10.1. The fourth-order valence-corrected chi connectivity index (χ4v) is 2.63. The SMILES string of the molecule is CB(O)N1CC(OS(=O)(=O)C(F)(F)F)=C[C@H]1c1ccccc1. The van der Waals surface area contributed by atoms with Crippen LogP contribution < -0.4 is 0 Å². The Morgan fingerprint density at radius 2 is 1.91 bits per heavy atom. The Hall–Kier alpha value is -1.52. The first-order valence-electron chi connectivity index (χ1n) is 6.32. The van der Waals surface area contributed by atoms with Gasteiger partial charge in [0, 0.05) is 6.04 Å². The van der Waals surface area contributed by atoms with Gasteiger partial charge in [-0.15, -0.1) is 0 Å². The maximum Gasteiger partial charge on any atom is 0.534 e. The maximum atomic E-state index is 12.4. The molecule has 10 heteroatoms. The summed E-state index contributed by atoms with van der Waals surface area (Å²) in [7, 11) is -6.70. The minimum atomic E-state index is -5.71. The Kier molecular flexibility index (Phi) is 4.55. The van der Waals surface area contributed by atoms with Gasteiger partial charge in [0.05, 0.1) is 6.54 Å². The van der Waals surface area contributed by atoms with E-state index >= 15 is 0 Å². The van der Waals surface area contributed by atoms with Gasteiger partial charge in [-0.1, -0.05) is 30.3 Å². The van der Waals surface area contributed by atoms with E-state index in [4.69, 9.17) is 0 Å². The zero-order valence-electron chi connectivity index (χ0n) is 11.5. The molecule has 1 aliphatic rings. The molecule has 0 saturated heterocycles. The molecule has 0 fully saturated rings. The number of hydrogen-bond donors (Lipinski definition) is 1. The minimum Gasteiger partial charge on any atom is -0.437 e. The first kappa shape index (κ1) is 16.8. The van der Waals surface area contributed by atoms with Crippen LogP contribution in [0.5, 0.6) is 0 Å². The van der Waals surface area contributed by atoms with E-state index in [0.717, 1.165) is 0 Å². The molecule has 1 aromatic rings. The summed E-state index contributed by atoms with van der Waals surface area (Å²) in [5.74, 6) is -0.368. The summed E-state index contributed by atoms with van der Waals surface area (Å²) in [5.41, 5.74) is -4.79. The Balaban J connectivity index is 2.28. The van der Waals surface area contributed by atoms with Crippen LogP contribution in [0, 0.1) is 0 Å². The van der Waals surface area contributed by atoms with Gasteiger partial charge in [0.1, 0.15) is 5.76 Å². The highest BCUT2D eigenvalue weighted by molar-refractivity contribution is 7.87. The molecule has 1 heterocycles. The van der Waals surface area contributed by atoms with Crippen molar-refractivity contribution >= 4 is 17.2 Å². The highest BCUT2D eigenvalue weighted by Gasteiger charge is 2.49. The van der Waals surface area contributed by atoms with E-state index in [2.05, 4.69) is 4.18 Å². The molecule has 120 valence electrons. The molecule has 0 unspecified atom stereocenters. The summed E-state index contributed by atoms with van der Waals surface area (Å²) in [6.07, 6.45) is 1.26. The second kappa shape index (κ2) is 5.94. The van der Waals surface area contributed by atoms with Crippen LogP contribution >= 0.6 is 0 Å². The van der Waals surface area contributed by atoms with Gasteiger partial charge in [-0.3, -0.25) is 0 Å². The lowest BCUT2D eigenvalue weighted by Crippen LogP contribution is -2.37. The Bertz CT molecular complexity index is 661. The molecule has 0 bridgehead atoms. The number of benzene rings is 1. The van der Waals surface area contributed by atoms with Crippen LogP contribution in [-0.4, -0.2) is 37.4 Å². The largest absolute Gasteiger partial charge is 0.534 e. The average molecular weight is 335 g/mol. The lowest BCUT2D eigenvalue weighted by molar-refractivity contribution is -0.0522. The van der Waals surface area contributed by atoms with Crippen molar-refractivity contribution in [3.63, 3.8) is 0 Å². The molecule has 0 aliphatic carbocycles. The van der Waals surface area contributed by atoms with E-state index in [0.29, 0.717) is 5.56 Å². The Labute approximate surface area is 126 Å². The summed E-state index contributed by atoms with van der Waals surface area (Å²) in [6, 6.07) is 8.10. The molecule has 0 amide bonds. The summed E-state index contributed by atoms with van der Waals surface area (Å²) in [6.45, 7) is 1.19. The van der Waals surface area contributed by atoms with Crippen LogP contribution in [0.25, 0.3) is 0 Å². The standard InChI is InChI=1S/C12H13BF3NO4S/c1-13(18)17-8-10(21-22(19,20)12(14,15)16)7-11(17)9-5-3-2-4-6-9/h2-7,11,18H,8H2,1H3/t11-/m0/s1. The average Bonchev–Trinajstić information content (AvgIpc) is 2.82. The van der Waals surface area contributed by atoms with Gasteiger partial charge in [0.2, 0.25) is 0 Å². The van der Waals surface area contributed by atoms with E-state index in [1.54, 1.807) is 30.3 Å². The van der Waals surface area contributed by atoms with Crippen molar-refractivity contribution in [3.05, 3.63) is 47.7 Å². The van der Waals surface area contributed by atoms with Crippen LogP contribution in [0.1, 0.15) is 11.6 Å². The number of hydrogen-bond acceptors (Lipinski definition) is 5. The number of halogens is 3. The van der Waals surface area contributed by atoms with Crippen molar-refractivity contribution in [1.29, 1.82) is 0 Å². The molecule has 1 aromatic carbocycles. The van der Waals surface area contributed by atoms with Gasteiger partial charge in [-0.05, 0) is 18.5 Å². The fraction of sp³-hybridized carbons (Fsp3) is 0.333. The fourth-order valence-electron chi connectivity index (χ4n) is 2.15. The molecule has 5 nitrogen and oxygen atoms in total. The smallest absolute Gasteiger partial charge is 0.437 e. The molecular formula is C12H13BF3NO4S. The highest BCUT2D eigenvalue weighted by Crippen LogP contribution is 2.34. The van der Waals surface area contributed by atoms with Gasteiger partial charge >= 0.3 is 22.7 Å². The van der Waals surface area contributed by atoms with E-state index in [1.807, 2.05) is 0 Å². The van der Waals surface area contributed by atoms with Gasteiger partial charge < -0.3 is 14.0 Å². The first-order valence-corrected chi connectivity index (χ1v) is 7.73. The molecular weight excluding hydrogens is 322 g/mol. The van der Waals surface area contributed by atoms with E-state index < -0.39 is 28.7 Å². The van der Waals surface area contributed by atoms with Crippen LogP contribution in [0.4, 0.5) is 13.2 Å². The predicted octanol–water partition coefficient (Wildman–Crippen LogP) is 1.90. The monoisotopic (exact) mass is 335 g/mol. The molecule has 0 radical (unpaired) electrons. The molecule has 0 spiro atoms. The molecule has 1 N–H and O–H groups in total. The summed E-state index contributed by atoms with van der Waals surface area (Å²) >= 11 is 0. The van der Waals surface area contributed by atoms with E-state index in [9.17, 15) is 26.6 Å². The molecule has 22 heavy (non-hydrogen) atoms. The van der Waals surface area contributed by atoms with Gasteiger partial charge in [0.25, 0.3) is 0 Å². The quantitative estimate of drug-likeness (QED) is 0.517. The molecule has 0 saturated carbocycles. The Morgan fingerprint density at radius 1 is 1.32 bits per heavy atom. The van der Waals surface area contributed by atoms with Crippen molar-refractivity contribution in [2.24, 2.45) is 0 Å². The van der Waals surface area contributed by atoms with Crippen molar-refractivity contribution in [3.8, 4) is 0 Å². The summed E-state index contributed by atoms with van der Waals surface area (Å²) < 4.78 is 63.3. The van der Waals surface area contributed by atoms with E-state index in [-0.39, 0.29) is 12.3 Å². The molecule has 2 rings (SSSR count). The van der Waals surface area contributed by atoms with Crippen LogP contribution in [0.15, 0.2) is 42.2 Å². The lowest BCUT2D eigenvalue weighted by Gasteiger charge is -2.25. The molecule has 1 aliphatic heterocycles. The lowest BCUT2D eigenvalue weighted by atomic mass is 9.83. The van der Waals surface area contributed by atoms with Crippen LogP contribution in [0.3, 0.4) is 0 Å². The molecule has 0 aromatic heterocycles. The second-order valence-corrected chi connectivity index (χ2v) is 6.31. The minimum absolute atomic E-state index is 0.244. The van der Waals surface area contributed by atoms with Crippen LogP contribution in [-0.2, 0) is 14.3 Å². The zero-order valence-corrected chi connectivity index (χ0v) is 12.3. The Morgan fingerprint density at radius 3 is 2.41 bits per heavy atom.